The molecule has 0 unspecified atom stereocenters. The SMILES string of the molecule is CCCCC[C@@H](C)C[C@H](CNC(=O)O[C@H](C)OC(C)=O)CC(=O)O. The fraction of sp³-hybridized carbons (Fsp3) is 0.824. The Kier molecular flexibility index (Phi) is 11.7. The van der Waals surface area contributed by atoms with Crippen LogP contribution < -0.4 is 5.32 Å². The van der Waals surface area contributed by atoms with Crippen molar-refractivity contribution in [3.05, 3.63) is 0 Å². The molecule has 0 saturated heterocycles. The molecule has 3 atom stereocenters. The molecule has 0 spiro atoms. The van der Waals surface area contributed by atoms with Crippen molar-refractivity contribution in [2.45, 2.75) is 72.5 Å². The molecule has 140 valence electrons. The van der Waals surface area contributed by atoms with Crippen LogP contribution >= 0.6 is 0 Å². The summed E-state index contributed by atoms with van der Waals surface area (Å²) >= 11 is 0. The van der Waals surface area contributed by atoms with Crippen molar-refractivity contribution in [3.63, 3.8) is 0 Å². The molecule has 0 aromatic rings. The predicted octanol–water partition coefficient (Wildman–Crippen LogP) is 3.32. The molecule has 24 heavy (non-hydrogen) atoms. The normalized spacial score (nSPS) is 14.3. The number of carboxylic acid groups (broad SMARTS) is 1. The van der Waals surface area contributed by atoms with Gasteiger partial charge in [0.15, 0.2) is 0 Å². The fourth-order valence-electron chi connectivity index (χ4n) is 2.59. The number of esters is 1. The predicted molar refractivity (Wildman–Crippen MR) is 89.4 cm³/mol. The average Bonchev–Trinajstić information content (AvgIpc) is 2.43. The zero-order valence-corrected chi connectivity index (χ0v) is 15.2. The summed E-state index contributed by atoms with van der Waals surface area (Å²) in [5.41, 5.74) is 0. The molecule has 0 aliphatic rings. The highest BCUT2D eigenvalue weighted by molar-refractivity contribution is 5.69. The van der Waals surface area contributed by atoms with Crippen LogP contribution in [0.15, 0.2) is 0 Å². The van der Waals surface area contributed by atoms with E-state index in [1.165, 1.54) is 20.3 Å². The molecule has 2 N–H and O–H groups in total. The van der Waals surface area contributed by atoms with Crippen LogP contribution in [0.5, 0.6) is 0 Å². The first-order chi connectivity index (χ1) is 11.2. The Morgan fingerprint density at radius 1 is 1.12 bits per heavy atom. The number of carbonyl (C=O) groups is 3. The smallest absolute Gasteiger partial charge is 0.410 e. The van der Waals surface area contributed by atoms with Gasteiger partial charge in [-0.25, -0.2) is 4.79 Å². The van der Waals surface area contributed by atoms with Crippen LogP contribution in [0, 0.1) is 11.8 Å². The van der Waals surface area contributed by atoms with Crippen LogP contribution in [0.25, 0.3) is 0 Å². The second-order valence-corrected chi connectivity index (χ2v) is 6.26. The summed E-state index contributed by atoms with van der Waals surface area (Å²) in [5.74, 6) is -1.18. The van der Waals surface area contributed by atoms with Gasteiger partial charge in [0, 0.05) is 26.8 Å². The van der Waals surface area contributed by atoms with Crippen LogP contribution in [-0.2, 0) is 19.1 Å². The third kappa shape index (κ3) is 12.7. The Balaban J connectivity index is 4.28. The van der Waals surface area contributed by atoms with E-state index in [0.717, 1.165) is 25.7 Å². The Morgan fingerprint density at radius 2 is 1.79 bits per heavy atom. The van der Waals surface area contributed by atoms with Crippen molar-refractivity contribution in [2.75, 3.05) is 6.54 Å². The van der Waals surface area contributed by atoms with Gasteiger partial charge in [-0.1, -0.05) is 39.5 Å². The Labute approximate surface area is 144 Å². The number of aliphatic carboxylic acids is 1. The Bertz CT molecular complexity index is 399. The highest BCUT2D eigenvalue weighted by Gasteiger charge is 2.19. The van der Waals surface area contributed by atoms with Crippen molar-refractivity contribution in [3.8, 4) is 0 Å². The van der Waals surface area contributed by atoms with E-state index in [0.29, 0.717) is 5.92 Å². The third-order valence-electron chi connectivity index (χ3n) is 3.64. The van der Waals surface area contributed by atoms with E-state index in [9.17, 15) is 14.4 Å². The van der Waals surface area contributed by atoms with Crippen molar-refractivity contribution >= 4 is 18.0 Å². The zero-order valence-electron chi connectivity index (χ0n) is 15.2. The summed E-state index contributed by atoms with van der Waals surface area (Å²) in [6.45, 7) is 7.12. The second-order valence-electron chi connectivity index (χ2n) is 6.26. The molecule has 1 amide bonds. The van der Waals surface area contributed by atoms with Crippen LogP contribution in [0.1, 0.15) is 66.2 Å². The van der Waals surface area contributed by atoms with Crippen molar-refractivity contribution in [1.29, 1.82) is 0 Å². The van der Waals surface area contributed by atoms with Gasteiger partial charge in [0.25, 0.3) is 0 Å². The molecule has 0 heterocycles. The summed E-state index contributed by atoms with van der Waals surface area (Å²) in [6.07, 6.45) is 3.54. The molecular formula is C17H31NO6. The number of hydrogen-bond donors (Lipinski definition) is 2. The van der Waals surface area contributed by atoms with Gasteiger partial charge in [0.05, 0.1) is 0 Å². The summed E-state index contributed by atoms with van der Waals surface area (Å²) in [7, 11) is 0. The number of amides is 1. The minimum Gasteiger partial charge on any atom is -0.481 e. The minimum atomic E-state index is -0.978. The number of nitrogens with one attached hydrogen (secondary N) is 1. The lowest BCUT2D eigenvalue weighted by molar-refractivity contribution is -0.162. The van der Waals surface area contributed by atoms with Crippen molar-refractivity contribution in [1.82, 2.24) is 5.32 Å². The summed E-state index contributed by atoms with van der Waals surface area (Å²) in [6, 6.07) is 0. The maximum Gasteiger partial charge on any atom is 0.410 e. The topological polar surface area (TPSA) is 102 Å². The number of alkyl carbamates (subject to hydrolysis) is 1. The molecule has 7 nitrogen and oxygen atoms in total. The molecule has 0 radical (unpaired) electrons. The largest absolute Gasteiger partial charge is 0.481 e. The third-order valence-corrected chi connectivity index (χ3v) is 3.64. The molecule has 0 aliphatic carbocycles. The number of hydrogen-bond acceptors (Lipinski definition) is 5. The lowest BCUT2D eigenvalue weighted by atomic mass is 9.89. The minimum absolute atomic E-state index is 0.00209. The molecule has 7 heteroatoms. The first kappa shape index (κ1) is 22.2. The monoisotopic (exact) mass is 345 g/mol. The first-order valence-corrected chi connectivity index (χ1v) is 8.58. The molecular weight excluding hydrogens is 314 g/mol. The number of rotatable bonds is 12. The molecule has 0 aliphatic heterocycles. The van der Waals surface area contributed by atoms with Gasteiger partial charge in [-0.05, 0) is 18.3 Å². The number of unbranched alkanes of at least 4 members (excludes halogenated alkanes) is 2. The lowest BCUT2D eigenvalue weighted by Crippen LogP contribution is -2.34. The van der Waals surface area contributed by atoms with E-state index in [1.807, 2.05) is 0 Å². The van der Waals surface area contributed by atoms with Gasteiger partial charge < -0.3 is 19.9 Å². The Hall–Kier alpha value is -1.79. The highest BCUT2D eigenvalue weighted by atomic mass is 16.7. The van der Waals surface area contributed by atoms with E-state index < -0.39 is 24.3 Å². The van der Waals surface area contributed by atoms with Crippen molar-refractivity contribution in [2.24, 2.45) is 11.8 Å². The summed E-state index contributed by atoms with van der Waals surface area (Å²) < 4.78 is 9.56. The first-order valence-electron chi connectivity index (χ1n) is 8.58. The average molecular weight is 345 g/mol. The van der Waals surface area contributed by atoms with E-state index in [2.05, 4.69) is 19.2 Å². The molecule has 0 aromatic heterocycles. The quantitative estimate of drug-likeness (QED) is 0.319. The maximum absolute atomic E-state index is 11.6. The van der Waals surface area contributed by atoms with Gasteiger partial charge in [-0.2, -0.15) is 0 Å². The van der Waals surface area contributed by atoms with Gasteiger partial charge in [0.2, 0.25) is 6.29 Å². The van der Waals surface area contributed by atoms with Gasteiger partial charge >= 0.3 is 18.0 Å². The van der Waals surface area contributed by atoms with E-state index in [1.54, 1.807) is 0 Å². The zero-order chi connectivity index (χ0) is 18.5. The van der Waals surface area contributed by atoms with Crippen LogP contribution in [0.2, 0.25) is 0 Å². The molecule has 0 saturated carbocycles. The van der Waals surface area contributed by atoms with E-state index in [-0.39, 0.29) is 18.9 Å². The van der Waals surface area contributed by atoms with E-state index >= 15 is 0 Å². The van der Waals surface area contributed by atoms with Gasteiger partial charge in [-0.15, -0.1) is 0 Å². The molecule has 0 aromatic carbocycles. The second kappa shape index (κ2) is 12.6. The van der Waals surface area contributed by atoms with Gasteiger partial charge in [0.1, 0.15) is 0 Å². The van der Waals surface area contributed by atoms with Crippen LogP contribution in [0.3, 0.4) is 0 Å². The van der Waals surface area contributed by atoms with Crippen LogP contribution in [-0.4, -0.2) is 36.0 Å². The van der Waals surface area contributed by atoms with Crippen molar-refractivity contribution < 1.29 is 29.0 Å². The standard InChI is InChI=1S/C17H31NO6/c1-5-6-7-8-12(2)9-15(10-16(20)21)11-18-17(22)24-14(4)23-13(3)19/h12,14-15H,5-11H2,1-4H3,(H,18,22)(H,20,21)/t12-,14-,15+/m1/s1. The molecule has 0 fully saturated rings. The summed E-state index contributed by atoms with van der Waals surface area (Å²) in [4.78, 5) is 33.4. The fourth-order valence-corrected chi connectivity index (χ4v) is 2.59. The Morgan fingerprint density at radius 3 is 2.33 bits per heavy atom. The lowest BCUT2D eigenvalue weighted by Gasteiger charge is -2.20. The highest BCUT2D eigenvalue weighted by Crippen LogP contribution is 2.20. The maximum atomic E-state index is 11.6. The molecule has 0 rings (SSSR count). The number of carboxylic acids is 1. The molecule has 0 bridgehead atoms. The number of carbonyl (C=O) groups excluding carboxylic acids is 2. The van der Waals surface area contributed by atoms with Crippen LogP contribution in [0.4, 0.5) is 4.79 Å². The number of ether oxygens (including phenoxy) is 2. The van der Waals surface area contributed by atoms with E-state index in [4.69, 9.17) is 14.6 Å². The summed E-state index contributed by atoms with van der Waals surface area (Å²) in [5, 5.41) is 11.6. The van der Waals surface area contributed by atoms with Gasteiger partial charge in [-0.3, -0.25) is 9.59 Å².